The zero-order chi connectivity index (χ0) is 13.2. The van der Waals surface area contributed by atoms with Crippen molar-refractivity contribution >= 4 is 0 Å². The summed E-state index contributed by atoms with van der Waals surface area (Å²) in [5, 5.41) is 8.34. The molecule has 0 bridgehead atoms. The van der Waals surface area contributed by atoms with Crippen LogP contribution in [0, 0.1) is 0 Å². The third-order valence-corrected chi connectivity index (χ3v) is 2.91. The highest BCUT2D eigenvalue weighted by atomic mass is 15.4. The fourth-order valence-electron chi connectivity index (χ4n) is 1.89. The Hall–Kier alpha value is -1.68. The summed E-state index contributed by atoms with van der Waals surface area (Å²) in [5.41, 5.74) is 8.74. The highest BCUT2D eigenvalue weighted by Gasteiger charge is 2.19. The van der Waals surface area contributed by atoms with E-state index >= 15 is 0 Å². The predicted octanol–water partition coefficient (Wildman–Crippen LogP) is 2.41. The van der Waals surface area contributed by atoms with Crippen molar-refractivity contribution in [1.29, 1.82) is 0 Å². The summed E-state index contributed by atoms with van der Waals surface area (Å²) in [5.74, 6) is 0. The first kappa shape index (κ1) is 12.8. The van der Waals surface area contributed by atoms with Gasteiger partial charge in [-0.25, -0.2) is 4.68 Å². The zero-order valence-corrected chi connectivity index (χ0v) is 11.2. The molecule has 1 aromatic carbocycles. The van der Waals surface area contributed by atoms with Gasteiger partial charge in [0.1, 0.15) is 5.69 Å². The smallest absolute Gasteiger partial charge is 0.102 e. The number of hydrogen-bond acceptors (Lipinski definition) is 3. The Morgan fingerprint density at radius 2 is 2.00 bits per heavy atom. The largest absolute Gasteiger partial charge is 0.320 e. The number of para-hydroxylation sites is 1. The van der Waals surface area contributed by atoms with Crippen molar-refractivity contribution in [3.8, 4) is 5.69 Å². The third-order valence-electron chi connectivity index (χ3n) is 2.91. The minimum Gasteiger partial charge on any atom is -0.320 e. The van der Waals surface area contributed by atoms with Gasteiger partial charge < -0.3 is 5.73 Å². The fraction of sp³-hybridized carbons (Fsp3) is 0.429. The van der Waals surface area contributed by atoms with Crippen molar-refractivity contribution in [2.24, 2.45) is 5.73 Å². The summed E-state index contributed by atoms with van der Waals surface area (Å²) in [7, 11) is 0. The first-order chi connectivity index (χ1) is 8.52. The van der Waals surface area contributed by atoms with Gasteiger partial charge in [0.2, 0.25) is 0 Å². The van der Waals surface area contributed by atoms with Gasteiger partial charge in [-0.05, 0) is 31.9 Å². The summed E-state index contributed by atoms with van der Waals surface area (Å²) in [6, 6.07) is 8.27. The maximum atomic E-state index is 6.03. The lowest BCUT2D eigenvalue weighted by Gasteiger charge is -2.13. The highest BCUT2D eigenvalue weighted by molar-refractivity contribution is 5.40. The molecular formula is C14H20N4. The minimum absolute atomic E-state index is 0.460. The molecule has 4 nitrogen and oxygen atoms in total. The molecule has 1 heterocycles. The van der Waals surface area contributed by atoms with Gasteiger partial charge >= 0.3 is 0 Å². The first-order valence-electron chi connectivity index (χ1n) is 6.32. The van der Waals surface area contributed by atoms with Crippen LogP contribution in [0.1, 0.15) is 38.4 Å². The first-order valence-corrected chi connectivity index (χ1v) is 6.32. The Kier molecular flexibility index (Phi) is 3.48. The van der Waals surface area contributed by atoms with Crippen LogP contribution in [-0.2, 0) is 12.0 Å². The van der Waals surface area contributed by atoms with Crippen LogP contribution in [0.4, 0.5) is 0 Å². The van der Waals surface area contributed by atoms with E-state index in [2.05, 4.69) is 35.4 Å². The molecule has 18 heavy (non-hydrogen) atoms. The summed E-state index contributed by atoms with van der Waals surface area (Å²) >= 11 is 0. The molecule has 2 N–H and O–H groups in total. The van der Waals surface area contributed by atoms with E-state index in [4.69, 9.17) is 5.73 Å². The average Bonchev–Trinajstić information content (AvgIpc) is 2.79. The summed E-state index contributed by atoms with van der Waals surface area (Å²) < 4.78 is 1.81. The number of nitrogens with two attached hydrogens (primary N) is 1. The van der Waals surface area contributed by atoms with E-state index in [1.807, 2.05) is 30.8 Å². The highest BCUT2D eigenvalue weighted by Crippen LogP contribution is 2.18. The SMILES string of the molecule is CCCc1ccccc1-n1cc(C(C)(C)N)nn1. The Balaban J connectivity index is 2.40. The number of aryl methyl sites for hydroxylation is 1. The molecule has 2 aromatic rings. The van der Waals surface area contributed by atoms with Crippen molar-refractivity contribution in [1.82, 2.24) is 15.0 Å². The number of nitrogens with zero attached hydrogens (tertiary/aromatic N) is 3. The average molecular weight is 244 g/mol. The lowest BCUT2D eigenvalue weighted by Crippen LogP contribution is -2.29. The Labute approximate surface area is 108 Å². The second-order valence-corrected chi connectivity index (χ2v) is 5.15. The number of rotatable bonds is 4. The molecule has 1 aromatic heterocycles. The molecule has 0 aliphatic heterocycles. The second-order valence-electron chi connectivity index (χ2n) is 5.15. The molecule has 0 aliphatic rings. The Morgan fingerprint density at radius 1 is 1.28 bits per heavy atom. The summed E-state index contributed by atoms with van der Waals surface area (Å²) in [4.78, 5) is 0. The van der Waals surface area contributed by atoms with Crippen molar-refractivity contribution in [2.45, 2.75) is 39.2 Å². The molecule has 0 radical (unpaired) electrons. The summed E-state index contributed by atoms with van der Waals surface area (Å²) in [6.07, 6.45) is 4.06. The van der Waals surface area contributed by atoms with Crippen LogP contribution < -0.4 is 5.73 Å². The van der Waals surface area contributed by atoms with Gasteiger partial charge in [-0.15, -0.1) is 5.10 Å². The third kappa shape index (κ3) is 2.59. The van der Waals surface area contributed by atoms with Crippen LogP contribution in [0.5, 0.6) is 0 Å². The molecule has 4 heteroatoms. The molecule has 0 unspecified atom stereocenters. The van der Waals surface area contributed by atoms with E-state index < -0.39 is 5.54 Å². The number of aromatic nitrogens is 3. The molecule has 0 aliphatic carbocycles. The molecule has 0 spiro atoms. The van der Waals surface area contributed by atoms with Gasteiger partial charge in [0, 0.05) is 0 Å². The fourth-order valence-corrected chi connectivity index (χ4v) is 1.89. The second kappa shape index (κ2) is 4.90. The van der Waals surface area contributed by atoms with Crippen molar-refractivity contribution in [3.63, 3.8) is 0 Å². The van der Waals surface area contributed by atoms with Gasteiger partial charge in [-0.1, -0.05) is 36.8 Å². The Bertz CT molecular complexity index is 523. The topological polar surface area (TPSA) is 56.7 Å². The quantitative estimate of drug-likeness (QED) is 0.898. The summed E-state index contributed by atoms with van der Waals surface area (Å²) in [6.45, 7) is 6.03. The molecule has 0 amide bonds. The van der Waals surface area contributed by atoms with Crippen LogP contribution in [0.15, 0.2) is 30.5 Å². The van der Waals surface area contributed by atoms with Crippen LogP contribution >= 0.6 is 0 Å². The molecule has 0 atom stereocenters. The van der Waals surface area contributed by atoms with E-state index in [1.165, 1.54) is 5.56 Å². The molecular weight excluding hydrogens is 224 g/mol. The van der Waals surface area contributed by atoms with Gasteiger partial charge in [-0.2, -0.15) is 0 Å². The molecule has 2 rings (SSSR count). The van der Waals surface area contributed by atoms with E-state index in [-0.39, 0.29) is 0 Å². The van der Waals surface area contributed by atoms with E-state index in [0.29, 0.717) is 0 Å². The van der Waals surface area contributed by atoms with Crippen molar-refractivity contribution in [2.75, 3.05) is 0 Å². The van der Waals surface area contributed by atoms with Crippen LogP contribution in [0.25, 0.3) is 5.69 Å². The van der Waals surface area contributed by atoms with Crippen LogP contribution in [0.2, 0.25) is 0 Å². The maximum Gasteiger partial charge on any atom is 0.102 e. The molecule has 0 fully saturated rings. The molecule has 0 saturated carbocycles. The van der Waals surface area contributed by atoms with Crippen molar-refractivity contribution in [3.05, 3.63) is 41.7 Å². The van der Waals surface area contributed by atoms with Gasteiger partial charge in [-0.3, -0.25) is 0 Å². The zero-order valence-electron chi connectivity index (χ0n) is 11.2. The number of hydrogen-bond donors (Lipinski definition) is 1. The minimum atomic E-state index is -0.460. The monoisotopic (exact) mass is 244 g/mol. The van der Waals surface area contributed by atoms with E-state index in [0.717, 1.165) is 24.2 Å². The normalized spacial score (nSPS) is 11.8. The van der Waals surface area contributed by atoms with E-state index in [9.17, 15) is 0 Å². The van der Waals surface area contributed by atoms with Gasteiger partial charge in [0.25, 0.3) is 0 Å². The molecule has 96 valence electrons. The van der Waals surface area contributed by atoms with Gasteiger partial charge in [0.05, 0.1) is 17.4 Å². The molecule has 0 saturated heterocycles. The maximum absolute atomic E-state index is 6.03. The van der Waals surface area contributed by atoms with Crippen LogP contribution in [-0.4, -0.2) is 15.0 Å². The lowest BCUT2D eigenvalue weighted by atomic mass is 10.0. The number of benzene rings is 1. The van der Waals surface area contributed by atoms with Crippen molar-refractivity contribution < 1.29 is 0 Å². The van der Waals surface area contributed by atoms with Gasteiger partial charge in [0.15, 0.2) is 0 Å². The standard InChI is InChI=1S/C14H20N4/c1-4-7-11-8-5-6-9-12(11)18-10-13(16-17-18)14(2,3)15/h5-6,8-10H,4,7,15H2,1-3H3. The lowest BCUT2D eigenvalue weighted by molar-refractivity contribution is 0.533. The van der Waals surface area contributed by atoms with E-state index in [1.54, 1.807) is 0 Å². The predicted molar refractivity (Wildman–Crippen MR) is 72.6 cm³/mol. The Morgan fingerprint density at radius 3 is 2.61 bits per heavy atom. The van der Waals surface area contributed by atoms with Crippen LogP contribution in [0.3, 0.4) is 0 Å².